The Morgan fingerprint density at radius 1 is 1.12 bits per heavy atom. The standard InChI is InChI=1S/C26H34FN3OS/c1-18(2)17-31-23-11-7-20(8-12-23)13-28-19(3)30(14-21-5-9-22(27)10-6-21)26-24-15-29(4)16-25(26)32-24/h5-12,18,24-26,28H,3,13-17H2,1-2,4H3/t24-,25+,26?. The zero-order valence-electron chi connectivity index (χ0n) is 19.3. The van der Waals surface area contributed by atoms with Crippen LogP contribution < -0.4 is 10.1 Å². The van der Waals surface area contributed by atoms with Gasteiger partial charge in [-0.25, -0.2) is 4.39 Å². The molecular weight excluding hydrogens is 421 g/mol. The third-order valence-corrected chi connectivity index (χ3v) is 7.63. The normalized spacial score (nSPS) is 22.3. The van der Waals surface area contributed by atoms with Gasteiger partial charge in [-0.3, -0.25) is 0 Å². The Morgan fingerprint density at radius 3 is 2.38 bits per heavy atom. The molecule has 0 radical (unpaired) electrons. The summed E-state index contributed by atoms with van der Waals surface area (Å²) in [7, 11) is 2.20. The van der Waals surface area contributed by atoms with Gasteiger partial charge in [0.15, 0.2) is 0 Å². The largest absolute Gasteiger partial charge is 0.493 e. The van der Waals surface area contributed by atoms with Crippen molar-refractivity contribution in [2.24, 2.45) is 5.92 Å². The third kappa shape index (κ3) is 5.59. The van der Waals surface area contributed by atoms with Crippen LogP contribution in [0.15, 0.2) is 60.9 Å². The predicted octanol–water partition coefficient (Wildman–Crippen LogP) is 4.72. The Morgan fingerprint density at radius 2 is 1.75 bits per heavy atom. The molecule has 1 unspecified atom stereocenters. The van der Waals surface area contributed by atoms with Crippen LogP contribution in [-0.4, -0.2) is 53.1 Å². The maximum Gasteiger partial charge on any atom is 0.123 e. The molecule has 32 heavy (non-hydrogen) atoms. The Labute approximate surface area is 195 Å². The fraction of sp³-hybridized carbons (Fsp3) is 0.462. The van der Waals surface area contributed by atoms with Gasteiger partial charge in [-0.15, -0.1) is 11.8 Å². The van der Waals surface area contributed by atoms with Crippen molar-refractivity contribution in [3.63, 3.8) is 0 Å². The first kappa shape index (κ1) is 23.0. The van der Waals surface area contributed by atoms with Crippen LogP contribution in [0, 0.1) is 11.7 Å². The molecule has 2 aromatic rings. The van der Waals surface area contributed by atoms with Crippen molar-refractivity contribution < 1.29 is 9.13 Å². The molecule has 4 nitrogen and oxygen atoms in total. The molecule has 1 N–H and O–H groups in total. The molecule has 2 saturated heterocycles. The summed E-state index contributed by atoms with van der Waals surface area (Å²) in [5, 5.41) is 4.70. The third-order valence-electron chi connectivity index (χ3n) is 6.07. The average Bonchev–Trinajstić information content (AvgIpc) is 2.77. The van der Waals surface area contributed by atoms with Gasteiger partial charge < -0.3 is 19.9 Å². The molecule has 2 bridgehead atoms. The molecular formula is C26H34FN3OS. The molecule has 0 aromatic heterocycles. The Hall–Kier alpha value is -2.18. The highest BCUT2D eigenvalue weighted by Crippen LogP contribution is 2.45. The minimum absolute atomic E-state index is 0.198. The smallest absolute Gasteiger partial charge is 0.123 e. The Bertz CT molecular complexity index is 890. The van der Waals surface area contributed by atoms with Gasteiger partial charge in [-0.2, -0.15) is 0 Å². The first-order chi connectivity index (χ1) is 15.4. The molecule has 2 fully saturated rings. The van der Waals surface area contributed by atoms with Crippen molar-refractivity contribution in [3.8, 4) is 5.75 Å². The molecule has 3 atom stereocenters. The second-order valence-electron chi connectivity index (χ2n) is 9.33. The van der Waals surface area contributed by atoms with Crippen LogP contribution in [0.5, 0.6) is 5.75 Å². The number of benzene rings is 2. The molecule has 0 spiro atoms. The number of hydrogen-bond acceptors (Lipinski definition) is 5. The van der Waals surface area contributed by atoms with E-state index in [-0.39, 0.29) is 5.82 Å². The number of halogens is 1. The van der Waals surface area contributed by atoms with Gasteiger partial charge in [0, 0.05) is 36.7 Å². The van der Waals surface area contributed by atoms with Gasteiger partial charge >= 0.3 is 0 Å². The van der Waals surface area contributed by atoms with Crippen LogP contribution in [0.25, 0.3) is 0 Å². The van der Waals surface area contributed by atoms with Gasteiger partial charge in [0.25, 0.3) is 0 Å². The van der Waals surface area contributed by atoms with Crippen LogP contribution in [0.2, 0.25) is 0 Å². The van der Waals surface area contributed by atoms with Crippen LogP contribution in [-0.2, 0) is 13.1 Å². The molecule has 2 aromatic carbocycles. The molecule has 0 saturated carbocycles. The molecule has 2 heterocycles. The SMILES string of the molecule is C=C(NCc1ccc(OCC(C)C)cc1)N(Cc1ccc(F)cc1)C1[C@@H]2CN(C)C[C@H]1S2. The fourth-order valence-electron chi connectivity index (χ4n) is 4.37. The van der Waals surface area contributed by atoms with Gasteiger partial charge in [-0.1, -0.05) is 44.7 Å². The van der Waals surface area contributed by atoms with Crippen LogP contribution in [0.3, 0.4) is 0 Å². The maximum absolute atomic E-state index is 13.4. The van der Waals surface area contributed by atoms with Crippen LogP contribution in [0.4, 0.5) is 4.39 Å². The summed E-state index contributed by atoms with van der Waals surface area (Å²) in [6.07, 6.45) is 0. The van der Waals surface area contributed by atoms with Crippen molar-refractivity contribution in [1.29, 1.82) is 0 Å². The van der Waals surface area contributed by atoms with E-state index in [0.717, 1.165) is 43.4 Å². The van der Waals surface area contributed by atoms with Crippen LogP contribution >= 0.6 is 11.8 Å². The second kappa shape index (κ2) is 10.2. The summed E-state index contributed by atoms with van der Waals surface area (Å²) in [5.41, 5.74) is 2.29. The second-order valence-corrected chi connectivity index (χ2v) is 10.8. The quantitative estimate of drug-likeness (QED) is 0.560. The topological polar surface area (TPSA) is 27.7 Å². The predicted molar refractivity (Wildman–Crippen MR) is 131 cm³/mol. The maximum atomic E-state index is 13.4. The number of nitrogens with one attached hydrogen (secondary N) is 1. The van der Waals surface area contributed by atoms with Gasteiger partial charge in [0.2, 0.25) is 0 Å². The number of thioether (sulfide) groups is 1. The minimum Gasteiger partial charge on any atom is -0.493 e. The van der Waals surface area contributed by atoms with Crippen molar-refractivity contribution in [1.82, 2.24) is 15.1 Å². The Kier molecular flexibility index (Phi) is 7.31. The summed E-state index contributed by atoms with van der Waals surface area (Å²) in [4.78, 5) is 4.81. The van der Waals surface area contributed by atoms with Gasteiger partial charge in [-0.05, 0) is 48.4 Å². The molecule has 6 heteroatoms. The van der Waals surface area contributed by atoms with E-state index in [2.05, 4.69) is 66.5 Å². The molecule has 2 aliphatic rings. The highest BCUT2D eigenvalue weighted by atomic mass is 32.2. The van der Waals surface area contributed by atoms with E-state index in [1.54, 1.807) is 0 Å². The number of hydrogen-bond donors (Lipinski definition) is 1. The van der Waals surface area contributed by atoms with E-state index in [1.165, 1.54) is 17.7 Å². The highest BCUT2D eigenvalue weighted by molar-refractivity contribution is 8.02. The molecule has 0 amide bonds. The number of rotatable bonds is 10. The van der Waals surface area contributed by atoms with Crippen molar-refractivity contribution >= 4 is 11.8 Å². The zero-order valence-corrected chi connectivity index (χ0v) is 20.1. The number of nitrogens with zero attached hydrogens (tertiary/aromatic N) is 2. The summed E-state index contributed by atoms with van der Waals surface area (Å²) in [6, 6.07) is 15.5. The molecule has 172 valence electrons. The fourth-order valence-corrected chi connectivity index (χ4v) is 6.22. The Balaban J connectivity index is 1.40. The van der Waals surface area contributed by atoms with E-state index in [4.69, 9.17) is 4.74 Å². The average molecular weight is 456 g/mol. The molecule has 2 aliphatic heterocycles. The lowest BCUT2D eigenvalue weighted by molar-refractivity contribution is 0.131. The number of piperidine rings is 1. The van der Waals surface area contributed by atoms with E-state index < -0.39 is 0 Å². The number of likely N-dealkylation sites (tertiary alicyclic amines) is 1. The minimum atomic E-state index is -0.198. The highest BCUT2D eigenvalue weighted by Gasteiger charge is 2.49. The number of ether oxygens (including phenoxy) is 1. The summed E-state index contributed by atoms with van der Waals surface area (Å²) in [5.74, 6) is 2.15. The van der Waals surface area contributed by atoms with Crippen molar-refractivity contribution in [2.75, 3.05) is 26.7 Å². The lowest BCUT2D eigenvalue weighted by Crippen LogP contribution is -2.66. The van der Waals surface area contributed by atoms with Crippen molar-refractivity contribution in [3.05, 3.63) is 77.9 Å². The van der Waals surface area contributed by atoms with Crippen LogP contribution in [0.1, 0.15) is 25.0 Å². The lowest BCUT2D eigenvalue weighted by Gasteiger charge is -2.56. The summed E-state index contributed by atoms with van der Waals surface area (Å²) >= 11 is 2.08. The summed E-state index contributed by atoms with van der Waals surface area (Å²) in [6.45, 7) is 13.0. The van der Waals surface area contributed by atoms with Gasteiger partial charge in [0.05, 0.1) is 18.5 Å². The van der Waals surface area contributed by atoms with Gasteiger partial charge in [0.1, 0.15) is 11.6 Å². The van der Waals surface area contributed by atoms with Crippen molar-refractivity contribution in [2.45, 2.75) is 43.5 Å². The van der Waals surface area contributed by atoms with E-state index in [1.807, 2.05) is 24.3 Å². The monoisotopic (exact) mass is 455 g/mol. The zero-order chi connectivity index (χ0) is 22.7. The van der Waals surface area contributed by atoms with E-state index in [0.29, 0.717) is 29.0 Å². The van der Waals surface area contributed by atoms with E-state index >= 15 is 0 Å². The number of fused-ring (bicyclic) bond motifs is 2. The molecule has 4 rings (SSSR count). The lowest BCUT2D eigenvalue weighted by atomic mass is 9.99. The van der Waals surface area contributed by atoms with E-state index in [9.17, 15) is 4.39 Å². The molecule has 0 aliphatic carbocycles. The summed E-state index contributed by atoms with van der Waals surface area (Å²) < 4.78 is 19.2. The first-order valence-electron chi connectivity index (χ1n) is 11.4. The first-order valence-corrected chi connectivity index (χ1v) is 12.3.